The molecule has 4 rings (SSSR count). The zero-order valence-corrected chi connectivity index (χ0v) is 20.4. The maximum Gasteiger partial charge on any atom is 0.341 e. The van der Waals surface area contributed by atoms with Gasteiger partial charge in [0.15, 0.2) is 0 Å². The minimum Gasteiger partial charge on any atom is -0.489 e. The van der Waals surface area contributed by atoms with E-state index in [1.54, 1.807) is 25.2 Å². The van der Waals surface area contributed by atoms with E-state index in [0.717, 1.165) is 31.6 Å². The molecule has 0 aliphatic carbocycles. The number of nitrogens with one attached hydrogen (secondary N) is 1. The average molecular weight is 506 g/mol. The van der Waals surface area contributed by atoms with Crippen LogP contribution >= 0.6 is 0 Å². The number of rotatable bonds is 4. The Morgan fingerprint density at radius 3 is 2.89 bits per heavy atom. The van der Waals surface area contributed by atoms with Crippen LogP contribution in [-0.4, -0.2) is 56.0 Å². The largest absolute Gasteiger partial charge is 0.489 e. The van der Waals surface area contributed by atoms with Crippen LogP contribution in [0, 0.1) is 23.7 Å². The van der Waals surface area contributed by atoms with Crippen molar-refractivity contribution in [2.75, 3.05) is 31.8 Å². The highest BCUT2D eigenvalue weighted by atomic mass is 19.1. The number of pyridine rings is 1. The van der Waals surface area contributed by atoms with Gasteiger partial charge in [-0.25, -0.2) is 14.8 Å². The third-order valence-corrected chi connectivity index (χ3v) is 6.01. The zero-order valence-electron chi connectivity index (χ0n) is 20.4. The summed E-state index contributed by atoms with van der Waals surface area (Å²) in [6, 6.07) is 8.14. The Labute approximate surface area is 214 Å². The predicted octanol–water partition coefficient (Wildman–Crippen LogP) is 2.59. The average Bonchev–Trinajstić information content (AvgIpc) is 3.02. The van der Waals surface area contributed by atoms with Gasteiger partial charge in [-0.3, -0.25) is 4.79 Å². The molecule has 0 spiro atoms. The number of hydrogen-bond donors (Lipinski definition) is 2. The lowest BCUT2D eigenvalue weighted by molar-refractivity contribution is -0.120. The first-order chi connectivity index (χ1) is 17.9. The molecule has 2 aliphatic rings. The lowest BCUT2D eigenvalue weighted by Gasteiger charge is -2.20. The molecular formula is C27H28FN5O4. The molecule has 1 fully saturated rings. The maximum absolute atomic E-state index is 13.3. The Bertz CT molecular complexity index is 1280. The number of fused-ring (bicyclic) bond motifs is 1. The van der Waals surface area contributed by atoms with Crippen molar-refractivity contribution in [3.63, 3.8) is 0 Å². The summed E-state index contributed by atoms with van der Waals surface area (Å²) in [6.45, 7) is 1.39. The number of benzene rings is 1. The van der Waals surface area contributed by atoms with Crippen molar-refractivity contribution in [3.05, 3.63) is 65.4 Å². The molecule has 37 heavy (non-hydrogen) atoms. The van der Waals surface area contributed by atoms with Crippen LogP contribution in [0.15, 0.2) is 53.2 Å². The number of halogens is 1. The Balaban J connectivity index is 1.39. The van der Waals surface area contributed by atoms with Gasteiger partial charge >= 0.3 is 6.03 Å². The second-order valence-electron chi connectivity index (χ2n) is 8.68. The van der Waals surface area contributed by atoms with Crippen molar-refractivity contribution >= 4 is 23.8 Å². The van der Waals surface area contributed by atoms with Gasteiger partial charge in [0.2, 0.25) is 5.95 Å². The topological polar surface area (TPSA) is 119 Å². The highest BCUT2D eigenvalue weighted by Crippen LogP contribution is 2.31. The number of nitrogens with two attached hydrogens (primary N) is 1. The quantitative estimate of drug-likeness (QED) is 0.375. The molecule has 2 aromatic rings. The Morgan fingerprint density at radius 1 is 1.32 bits per heavy atom. The number of carbonyl (C=O) groups excluding carboxylic acids is 2. The molecule has 10 heteroatoms. The fourth-order valence-corrected chi connectivity index (χ4v) is 3.94. The van der Waals surface area contributed by atoms with E-state index in [4.69, 9.17) is 15.2 Å². The number of amides is 3. The lowest BCUT2D eigenvalue weighted by Crippen LogP contribution is -2.48. The zero-order chi connectivity index (χ0) is 26.2. The maximum atomic E-state index is 13.3. The standard InChI is InChI=1S/C27H28FN5O4/c1-33-23-14-19(6-5-18-9-11-36-12-10-18)7-8-24(23)37-17-22(26(33)34)32-27(35)30-16-20(15-29)13-21-3-2-4-25(28)31-21/h2-4,7-8,14-16,18,22H,9-13,17,29H2,1H3,(H,32,35)/b20-15-,30-16+. The highest BCUT2D eigenvalue weighted by molar-refractivity contribution is 6.01. The fourth-order valence-electron chi connectivity index (χ4n) is 3.94. The Kier molecular flexibility index (Phi) is 8.48. The summed E-state index contributed by atoms with van der Waals surface area (Å²) in [5.41, 5.74) is 7.85. The summed E-state index contributed by atoms with van der Waals surface area (Å²) in [5, 5.41) is 2.57. The fraction of sp³-hybridized carbons (Fsp3) is 0.333. The number of allylic oxidation sites excluding steroid dienone is 1. The van der Waals surface area contributed by atoms with Crippen molar-refractivity contribution < 1.29 is 23.5 Å². The van der Waals surface area contributed by atoms with Crippen molar-refractivity contribution in [1.82, 2.24) is 10.3 Å². The molecule has 1 unspecified atom stereocenters. The molecule has 0 saturated carbocycles. The number of carbonyl (C=O) groups is 2. The smallest absolute Gasteiger partial charge is 0.341 e. The molecule has 3 N–H and O–H groups in total. The van der Waals surface area contributed by atoms with E-state index in [0.29, 0.717) is 28.6 Å². The van der Waals surface area contributed by atoms with Crippen molar-refractivity contribution in [3.8, 4) is 17.6 Å². The molecule has 9 nitrogen and oxygen atoms in total. The van der Waals surface area contributed by atoms with Crippen LogP contribution in [-0.2, 0) is 16.0 Å². The number of likely N-dealkylation sites (N-methyl/N-ethyl adjacent to an activating group) is 1. The summed E-state index contributed by atoms with van der Waals surface area (Å²) in [4.78, 5) is 34.6. The molecule has 0 bridgehead atoms. The van der Waals surface area contributed by atoms with E-state index in [9.17, 15) is 14.0 Å². The summed E-state index contributed by atoms with van der Waals surface area (Å²) in [7, 11) is 1.62. The monoisotopic (exact) mass is 505 g/mol. The minimum atomic E-state index is -0.950. The Morgan fingerprint density at radius 2 is 2.14 bits per heavy atom. The van der Waals surface area contributed by atoms with Gasteiger partial charge in [-0.2, -0.15) is 4.39 Å². The van der Waals surface area contributed by atoms with E-state index in [2.05, 4.69) is 27.1 Å². The van der Waals surface area contributed by atoms with Gasteiger partial charge in [0.05, 0.1) is 5.69 Å². The third kappa shape index (κ3) is 6.92. The third-order valence-electron chi connectivity index (χ3n) is 6.01. The van der Waals surface area contributed by atoms with Crippen LogP contribution in [0.3, 0.4) is 0 Å². The molecule has 2 aliphatic heterocycles. The van der Waals surface area contributed by atoms with Gasteiger partial charge < -0.3 is 25.4 Å². The van der Waals surface area contributed by atoms with Crippen molar-refractivity contribution in [2.24, 2.45) is 16.6 Å². The van der Waals surface area contributed by atoms with Gasteiger partial charge in [-0.15, -0.1) is 0 Å². The van der Waals surface area contributed by atoms with Crippen LogP contribution in [0.2, 0.25) is 0 Å². The van der Waals surface area contributed by atoms with Crippen LogP contribution in [0.25, 0.3) is 0 Å². The van der Waals surface area contributed by atoms with E-state index in [1.807, 2.05) is 6.07 Å². The van der Waals surface area contributed by atoms with Crippen molar-refractivity contribution in [2.45, 2.75) is 25.3 Å². The van der Waals surface area contributed by atoms with Crippen LogP contribution < -0.4 is 20.7 Å². The lowest BCUT2D eigenvalue weighted by atomic mass is 10.0. The summed E-state index contributed by atoms with van der Waals surface area (Å²) in [5.74, 6) is 6.32. The van der Waals surface area contributed by atoms with Crippen LogP contribution in [0.5, 0.6) is 5.75 Å². The first-order valence-electron chi connectivity index (χ1n) is 11.9. The molecule has 0 radical (unpaired) electrons. The molecule has 3 amide bonds. The summed E-state index contributed by atoms with van der Waals surface area (Å²) in [6.07, 6.45) is 4.53. The van der Waals surface area contributed by atoms with Gasteiger partial charge in [-0.1, -0.05) is 17.9 Å². The van der Waals surface area contributed by atoms with Crippen LogP contribution in [0.1, 0.15) is 24.1 Å². The first-order valence-corrected chi connectivity index (χ1v) is 11.9. The highest BCUT2D eigenvalue weighted by Gasteiger charge is 2.30. The van der Waals surface area contributed by atoms with E-state index in [-0.39, 0.29) is 18.9 Å². The number of urea groups is 1. The van der Waals surface area contributed by atoms with E-state index < -0.39 is 18.0 Å². The van der Waals surface area contributed by atoms with Gasteiger partial charge in [-0.05, 0) is 54.9 Å². The van der Waals surface area contributed by atoms with Gasteiger partial charge in [0.1, 0.15) is 18.4 Å². The second kappa shape index (κ2) is 12.1. The predicted molar refractivity (Wildman–Crippen MR) is 137 cm³/mol. The summed E-state index contributed by atoms with van der Waals surface area (Å²) < 4.78 is 24.5. The molecule has 3 heterocycles. The minimum absolute atomic E-state index is 0.0582. The molecule has 1 saturated heterocycles. The number of ether oxygens (including phenoxy) is 2. The van der Waals surface area contributed by atoms with Gasteiger partial charge in [0, 0.05) is 50.1 Å². The number of aliphatic imine (C=N–C) groups is 1. The number of aromatic nitrogens is 1. The second-order valence-corrected chi connectivity index (χ2v) is 8.68. The SMILES string of the molecule is CN1C(=O)C(NC(=O)/N=C/C(=C\N)Cc2cccc(F)n2)COc2ccc(C#CC3CCOCC3)cc21. The van der Waals surface area contributed by atoms with Gasteiger partial charge in [0.25, 0.3) is 5.91 Å². The first kappa shape index (κ1) is 25.9. The van der Waals surface area contributed by atoms with Crippen LogP contribution in [0.4, 0.5) is 14.9 Å². The summed E-state index contributed by atoms with van der Waals surface area (Å²) >= 11 is 0. The molecular weight excluding hydrogens is 477 g/mol. The van der Waals surface area contributed by atoms with Crippen molar-refractivity contribution in [1.29, 1.82) is 0 Å². The number of hydrogen-bond acceptors (Lipinski definition) is 6. The molecule has 192 valence electrons. The number of nitrogens with zero attached hydrogens (tertiary/aromatic N) is 3. The normalized spacial score (nSPS) is 18.4. The van der Waals surface area contributed by atoms with E-state index in [1.165, 1.54) is 29.4 Å². The van der Waals surface area contributed by atoms with E-state index >= 15 is 0 Å². The molecule has 1 atom stereocenters. The molecule has 1 aromatic heterocycles. The molecule has 1 aromatic carbocycles. The number of anilines is 1. The Hall–Kier alpha value is -4.23.